The lowest BCUT2D eigenvalue weighted by Crippen LogP contribution is -2.46. The summed E-state index contributed by atoms with van der Waals surface area (Å²) < 4.78 is 0. The molecule has 0 atom stereocenters. The molecule has 6 heteroatoms. The number of anilines is 2. The smallest absolute Gasteiger partial charge is 0.161 e. The maximum atomic E-state index is 11.8. The maximum Gasteiger partial charge on any atom is 0.161 e. The Morgan fingerprint density at radius 1 is 1.22 bits per heavy atom. The van der Waals surface area contributed by atoms with Crippen molar-refractivity contribution in [1.29, 1.82) is 5.26 Å². The van der Waals surface area contributed by atoms with Crippen LogP contribution in [-0.4, -0.2) is 48.4 Å². The first-order valence-electron chi connectivity index (χ1n) is 9.32. The molecule has 6 nitrogen and oxygen atoms in total. The van der Waals surface area contributed by atoms with Gasteiger partial charge in [0, 0.05) is 50.2 Å². The number of pyridine rings is 1. The molecule has 1 fully saturated rings. The van der Waals surface area contributed by atoms with Gasteiger partial charge in [-0.25, -0.2) is 4.98 Å². The SMILES string of the molecule is CCN1CCN(c2cc(CNc3cc(C#N)ccc3C(C)=O)ccn2)CC1. The van der Waals surface area contributed by atoms with Crippen LogP contribution in [0.2, 0.25) is 0 Å². The molecule has 27 heavy (non-hydrogen) atoms. The van der Waals surface area contributed by atoms with Gasteiger partial charge in [-0.15, -0.1) is 0 Å². The minimum Gasteiger partial charge on any atom is -0.380 e. The second-order valence-electron chi connectivity index (χ2n) is 6.73. The molecule has 1 aliphatic rings. The molecule has 0 spiro atoms. The van der Waals surface area contributed by atoms with Crippen LogP contribution in [-0.2, 0) is 6.54 Å². The van der Waals surface area contributed by atoms with Crippen LogP contribution in [0, 0.1) is 11.3 Å². The molecule has 1 N–H and O–H groups in total. The lowest BCUT2D eigenvalue weighted by molar-refractivity contribution is 0.101. The highest BCUT2D eigenvalue weighted by Crippen LogP contribution is 2.21. The standard InChI is InChI=1S/C21H25N5O/c1-3-25-8-10-26(11-9-25)21-13-18(6-7-23-21)15-24-20-12-17(14-22)4-5-19(20)16(2)27/h4-7,12-13,24H,3,8-11,15H2,1-2H3. The monoisotopic (exact) mass is 363 g/mol. The van der Waals surface area contributed by atoms with Crippen LogP contribution in [0.1, 0.15) is 35.3 Å². The molecular weight excluding hydrogens is 338 g/mol. The highest BCUT2D eigenvalue weighted by molar-refractivity contribution is 5.99. The number of benzene rings is 1. The molecule has 1 aromatic heterocycles. The largest absolute Gasteiger partial charge is 0.380 e. The molecule has 1 aliphatic heterocycles. The molecule has 140 valence electrons. The quantitative estimate of drug-likeness (QED) is 0.796. The Kier molecular flexibility index (Phi) is 6.05. The predicted octanol–water partition coefficient (Wildman–Crippen LogP) is 2.91. The van der Waals surface area contributed by atoms with Crippen LogP contribution in [0.15, 0.2) is 36.5 Å². The van der Waals surface area contributed by atoms with Crippen molar-refractivity contribution in [3.8, 4) is 6.07 Å². The number of ketones is 1. The van der Waals surface area contributed by atoms with Gasteiger partial charge in [-0.2, -0.15) is 5.26 Å². The number of carbonyl (C=O) groups is 1. The van der Waals surface area contributed by atoms with E-state index in [1.54, 1.807) is 18.2 Å². The molecule has 0 saturated carbocycles. The van der Waals surface area contributed by atoms with E-state index in [2.05, 4.69) is 39.2 Å². The average Bonchev–Trinajstić information content (AvgIpc) is 2.72. The second kappa shape index (κ2) is 8.65. The number of carbonyl (C=O) groups excluding carboxylic acids is 1. The summed E-state index contributed by atoms with van der Waals surface area (Å²) in [5.74, 6) is 0.967. The third kappa shape index (κ3) is 4.63. The summed E-state index contributed by atoms with van der Waals surface area (Å²) in [6.45, 7) is 9.47. The number of nitrogens with one attached hydrogen (secondary N) is 1. The van der Waals surface area contributed by atoms with Crippen molar-refractivity contribution in [2.24, 2.45) is 0 Å². The first-order chi connectivity index (χ1) is 13.1. The molecule has 0 bridgehead atoms. The summed E-state index contributed by atoms with van der Waals surface area (Å²) in [4.78, 5) is 21.1. The highest BCUT2D eigenvalue weighted by Gasteiger charge is 2.17. The van der Waals surface area contributed by atoms with Crippen LogP contribution in [0.25, 0.3) is 0 Å². The number of nitrogens with zero attached hydrogens (tertiary/aromatic N) is 4. The van der Waals surface area contributed by atoms with Gasteiger partial charge < -0.3 is 15.1 Å². The van der Waals surface area contributed by atoms with E-state index < -0.39 is 0 Å². The van der Waals surface area contributed by atoms with E-state index in [0.29, 0.717) is 23.4 Å². The Morgan fingerprint density at radius 2 is 2.00 bits per heavy atom. The molecule has 2 aromatic rings. The highest BCUT2D eigenvalue weighted by atomic mass is 16.1. The van der Waals surface area contributed by atoms with E-state index in [0.717, 1.165) is 44.1 Å². The summed E-state index contributed by atoms with van der Waals surface area (Å²) in [5, 5.41) is 12.4. The van der Waals surface area contributed by atoms with Gasteiger partial charge >= 0.3 is 0 Å². The van der Waals surface area contributed by atoms with Crippen LogP contribution in [0.3, 0.4) is 0 Å². The van der Waals surface area contributed by atoms with Crippen LogP contribution in [0.4, 0.5) is 11.5 Å². The molecular formula is C21H25N5O. The second-order valence-corrected chi connectivity index (χ2v) is 6.73. The van der Waals surface area contributed by atoms with E-state index >= 15 is 0 Å². The van der Waals surface area contributed by atoms with Crippen molar-refractivity contribution in [2.75, 3.05) is 42.9 Å². The summed E-state index contributed by atoms with van der Waals surface area (Å²) in [7, 11) is 0. The zero-order valence-corrected chi connectivity index (χ0v) is 15.9. The van der Waals surface area contributed by atoms with Crippen molar-refractivity contribution in [3.63, 3.8) is 0 Å². The molecule has 0 amide bonds. The van der Waals surface area contributed by atoms with E-state index in [4.69, 9.17) is 5.26 Å². The maximum absolute atomic E-state index is 11.8. The topological polar surface area (TPSA) is 72.3 Å². The van der Waals surface area contributed by atoms with Crippen molar-refractivity contribution in [2.45, 2.75) is 20.4 Å². The zero-order chi connectivity index (χ0) is 19.2. The van der Waals surface area contributed by atoms with Gasteiger partial charge in [0.1, 0.15) is 5.82 Å². The minimum absolute atomic E-state index is 0.0220. The van der Waals surface area contributed by atoms with Crippen LogP contribution < -0.4 is 10.2 Å². The Bertz CT molecular complexity index is 850. The normalized spacial score (nSPS) is 14.6. The first kappa shape index (κ1) is 18.9. The van der Waals surface area contributed by atoms with Gasteiger partial charge in [0.05, 0.1) is 11.6 Å². The average molecular weight is 363 g/mol. The number of rotatable bonds is 6. The van der Waals surface area contributed by atoms with E-state index in [1.807, 2.05) is 12.3 Å². The lowest BCUT2D eigenvalue weighted by atomic mass is 10.1. The van der Waals surface area contributed by atoms with Crippen LogP contribution in [0.5, 0.6) is 0 Å². The molecule has 3 rings (SSSR count). The van der Waals surface area contributed by atoms with Crippen molar-refractivity contribution in [1.82, 2.24) is 9.88 Å². The Hall–Kier alpha value is -2.91. The fourth-order valence-electron chi connectivity index (χ4n) is 3.30. The number of hydrogen-bond acceptors (Lipinski definition) is 6. The molecule has 1 saturated heterocycles. The van der Waals surface area contributed by atoms with E-state index in [1.165, 1.54) is 6.92 Å². The third-order valence-electron chi connectivity index (χ3n) is 4.96. The molecule has 1 aromatic carbocycles. The number of likely N-dealkylation sites (N-methyl/N-ethyl adjacent to an activating group) is 1. The number of aromatic nitrogens is 1. The number of piperazine rings is 1. The fourth-order valence-corrected chi connectivity index (χ4v) is 3.30. The van der Waals surface area contributed by atoms with Crippen LogP contribution >= 0.6 is 0 Å². The Morgan fingerprint density at radius 3 is 2.67 bits per heavy atom. The van der Waals surface area contributed by atoms with Gasteiger partial charge in [-0.3, -0.25) is 4.79 Å². The van der Waals surface area contributed by atoms with E-state index in [9.17, 15) is 4.79 Å². The molecule has 0 radical (unpaired) electrons. The van der Waals surface area contributed by atoms with Gasteiger partial charge in [0.25, 0.3) is 0 Å². The minimum atomic E-state index is -0.0220. The van der Waals surface area contributed by atoms with Gasteiger partial charge in [-0.1, -0.05) is 6.92 Å². The lowest BCUT2D eigenvalue weighted by Gasteiger charge is -2.34. The van der Waals surface area contributed by atoms with Gasteiger partial charge in [-0.05, 0) is 49.4 Å². The Labute approximate surface area is 160 Å². The van der Waals surface area contributed by atoms with E-state index in [-0.39, 0.29) is 5.78 Å². The first-order valence-corrected chi connectivity index (χ1v) is 9.32. The Balaban J connectivity index is 1.71. The van der Waals surface area contributed by atoms with Crippen molar-refractivity contribution in [3.05, 3.63) is 53.2 Å². The summed E-state index contributed by atoms with van der Waals surface area (Å²) >= 11 is 0. The fraction of sp³-hybridized carbons (Fsp3) is 0.381. The predicted molar refractivity (Wildman–Crippen MR) is 107 cm³/mol. The summed E-state index contributed by atoms with van der Waals surface area (Å²) in [5.41, 5.74) is 2.91. The van der Waals surface area contributed by atoms with Gasteiger partial charge in [0.15, 0.2) is 5.78 Å². The number of nitriles is 1. The van der Waals surface area contributed by atoms with Crippen molar-refractivity contribution >= 4 is 17.3 Å². The summed E-state index contributed by atoms with van der Waals surface area (Å²) in [6, 6.07) is 11.3. The molecule has 2 heterocycles. The third-order valence-corrected chi connectivity index (χ3v) is 4.96. The number of hydrogen-bond donors (Lipinski definition) is 1. The summed E-state index contributed by atoms with van der Waals surface area (Å²) in [6.07, 6.45) is 1.83. The van der Waals surface area contributed by atoms with Gasteiger partial charge in [0.2, 0.25) is 0 Å². The number of Topliss-reactive ketones (excluding diaryl/α,β-unsaturated/α-hetero) is 1. The molecule has 0 aliphatic carbocycles. The molecule has 0 unspecified atom stereocenters. The zero-order valence-electron chi connectivity index (χ0n) is 15.9. The van der Waals surface area contributed by atoms with Crippen molar-refractivity contribution < 1.29 is 4.79 Å².